The third-order valence-electron chi connectivity index (χ3n) is 5.28. The molecule has 1 fully saturated rings. The number of carboxylic acids is 1. The van der Waals surface area contributed by atoms with Gasteiger partial charge >= 0.3 is 12.1 Å². The van der Waals surface area contributed by atoms with Crippen LogP contribution in [-0.2, 0) is 17.5 Å². The Hall–Kier alpha value is -1.76. The van der Waals surface area contributed by atoms with Crippen molar-refractivity contribution in [3.05, 3.63) is 69.2 Å². The van der Waals surface area contributed by atoms with Crippen LogP contribution in [0.2, 0.25) is 10.0 Å². The van der Waals surface area contributed by atoms with E-state index in [-0.39, 0.29) is 18.4 Å². The SMILES string of the molecule is O=C(O)CC1CCN(Cc2ccc(Cl)c(Cl)c2)C(c2ccc(C(F)(F)F)cc2)C1. The van der Waals surface area contributed by atoms with E-state index in [1.165, 1.54) is 12.1 Å². The van der Waals surface area contributed by atoms with E-state index in [4.69, 9.17) is 28.3 Å². The number of benzene rings is 2. The second-order valence-corrected chi connectivity index (χ2v) is 8.16. The summed E-state index contributed by atoms with van der Waals surface area (Å²) in [5, 5.41) is 10.0. The van der Waals surface area contributed by atoms with Crippen LogP contribution in [0.25, 0.3) is 0 Å². The Morgan fingerprint density at radius 1 is 1.10 bits per heavy atom. The molecule has 0 bridgehead atoms. The maximum atomic E-state index is 12.9. The lowest BCUT2D eigenvalue weighted by atomic mass is 9.84. The number of likely N-dealkylation sites (tertiary alicyclic amines) is 1. The van der Waals surface area contributed by atoms with Crippen molar-refractivity contribution in [2.24, 2.45) is 5.92 Å². The fourth-order valence-corrected chi connectivity index (χ4v) is 4.14. The number of hydrogen-bond donors (Lipinski definition) is 1. The Balaban J connectivity index is 1.85. The Morgan fingerprint density at radius 3 is 2.38 bits per heavy atom. The van der Waals surface area contributed by atoms with Crippen LogP contribution in [-0.4, -0.2) is 22.5 Å². The van der Waals surface area contributed by atoms with E-state index in [9.17, 15) is 18.0 Å². The van der Waals surface area contributed by atoms with Gasteiger partial charge in [-0.05, 0) is 60.7 Å². The molecule has 1 heterocycles. The maximum Gasteiger partial charge on any atom is 0.416 e. The number of carbonyl (C=O) groups is 1. The minimum absolute atomic E-state index is 0.0233. The van der Waals surface area contributed by atoms with Crippen LogP contribution in [0.4, 0.5) is 13.2 Å². The minimum atomic E-state index is -4.39. The molecule has 0 aromatic heterocycles. The molecule has 29 heavy (non-hydrogen) atoms. The van der Waals surface area contributed by atoms with Crippen LogP contribution in [0.1, 0.15) is 42.0 Å². The van der Waals surface area contributed by atoms with E-state index in [1.807, 2.05) is 6.07 Å². The first kappa shape index (κ1) is 21.9. The molecule has 2 atom stereocenters. The van der Waals surface area contributed by atoms with Crippen molar-refractivity contribution >= 4 is 29.2 Å². The molecule has 2 aromatic carbocycles. The van der Waals surface area contributed by atoms with Gasteiger partial charge in [-0.2, -0.15) is 13.2 Å². The molecule has 3 rings (SSSR count). The standard InChI is InChI=1S/C21H20Cl2F3NO2/c22-17-6-1-14(9-18(17)23)12-27-8-7-13(11-20(28)29)10-19(27)15-2-4-16(5-3-15)21(24,25)26/h1-6,9,13,19H,7-8,10-12H2,(H,28,29). The van der Waals surface area contributed by atoms with Crippen LogP contribution in [0.5, 0.6) is 0 Å². The summed E-state index contributed by atoms with van der Waals surface area (Å²) in [4.78, 5) is 13.3. The smallest absolute Gasteiger partial charge is 0.416 e. The van der Waals surface area contributed by atoms with Gasteiger partial charge in [-0.15, -0.1) is 0 Å². The van der Waals surface area contributed by atoms with Gasteiger partial charge in [0.25, 0.3) is 0 Å². The normalized spacial score (nSPS) is 20.6. The van der Waals surface area contributed by atoms with E-state index in [1.54, 1.807) is 12.1 Å². The molecule has 1 saturated heterocycles. The molecule has 2 aromatic rings. The summed E-state index contributed by atoms with van der Waals surface area (Å²) in [5.74, 6) is -0.885. The lowest BCUT2D eigenvalue weighted by molar-refractivity contribution is -0.139. The van der Waals surface area contributed by atoms with E-state index < -0.39 is 17.7 Å². The highest BCUT2D eigenvalue weighted by Crippen LogP contribution is 2.38. The second kappa shape index (κ2) is 8.94. The van der Waals surface area contributed by atoms with Crippen molar-refractivity contribution in [2.45, 2.75) is 38.0 Å². The van der Waals surface area contributed by atoms with Crippen LogP contribution in [0.3, 0.4) is 0 Å². The summed E-state index contributed by atoms with van der Waals surface area (Å²) in [6, 6.07) is 10.3. The molecule has 0 saturated carbocycles. The van der Waals surface area contributed by atoms with Gasteiger partial charge in [0.1, 0.15) is 0 Å². The van der Waals surface area contributed by atoms with Crippen molar-refractivity contribution in [1.82, 2.24) is 4.90 Å². The molecular formula is C21H20Cl2F3NO2. The van der Waals surface area contributed by atoms with E-state index in [0.29, 0.717) is 36.0 Å². The molecule has 2 unspecified atom stereocenters. The number of carboxylic acid groups (broad SMARTS) is 1. The highest BCUT2D eigenvalue weighted by molar-refractivity contribution is 6.42. The molecule has 3 nitrogen and oxygen atoms in total. The number of rotatable bonds is 5. The first-order chi connectivity index (χ1) is 13.6. The topological polar surface area (TPSA) is 40.5 Å². The van der Waals surface area contributed by atoms with Gasteiger partial charge in [0.2, 0.25) is 0 Å². The van der Waals surface area contributed by atoms with Crippen molar-refractivity contribution in [3.8, 4) is 0 Å². The molecule has 1 aliphatic heterocycles. The predicted octanol–water partition coefficient (Wildman–Crippen LogP) is 6.44. The number of aliphatic carboxylic acids is 1. The van der Waals surface area contributed by atoms with Crippen LogP contribution in [0, 0.1) is 5.92 Å². The molecule has 0 spiro atoms. The summed E-state index contributed by atoms with van der Waals surface area (Å²) < 4.78 is 38.7. The van der Waals surface area contributed by atoms with Gasteiger partial charge in [-0.25, -0.2) is 0 Å². The quantitative estimate of drug-likeness (QED) is 0.575. The number of piperidine rings is 1. The number of hydrogen-bond acceptors (Lipinski definition) is 2. The van der Waals surface area contributed by atoms with Crippen LogP contribution >= 0.6 is 23.2 Å². The molecule has 8 heteroatoms. The maximum absolute atomic E-state index is 12.9. The molecular weight excluding hydrogens is 426 g/mol. The molecule has 1 N–H and O–H groups in total. The summed E-state index contributed by atoms with van der Waals surface area (Å²) >= 11 is 12.1. The first-order valence-corrected chi connectivity index (χ1v) is 9.96. The highest BCUT2D eigenvalue weighted by Gasteiger charge is 2.33. The number of alkyl halides is 3. The Bertz CT molecular complexity index is 871. The van der Waals surface area contributed by atoms with Gasteiger partial charge in [0, 0.05) is 19.0 Å². The van der Waals surface area contributed by atoms with E-state index >= 15 is 0 Å². The number of halogens is 5. The zero-order chi connectivity index (χ0) is 21.2. The molecule has 0 radical (unpaired) electrons. The summed E-state index contributed by atoms with van der Waals surface area (Å²) in [6.07, 6.45) is -3.06. The lowest BCUT2D eigenvalue weighted by Gasteiger charge is -2.39. The average molecular weight is 446 g/mol. The molecule has 156 valence electrons. The van der Waals surface area contributed by atoms with Crippen molar-refractivity contribution < 1.29 is 23.1 Å². The van der Waals surface area contributed by atoms with Crippen LogP contribution in [0.15, 0.2) is 42.5 Å². The zero-order valence-electron chi connectivity index (χ0n) is 15.4. The molecule has 0 aliphatic carbocycles. The van der Waals surface area contributed by atoms with Gasteiger partial charge < -0.3 is 5.11 Å². The van der Waals surface area contributed by atoms with Crippen molar-refractivity contribution in [3.63, 3.8) is 0 Å². The predicted molar refractivity (Wildman–Crippen MR) is 106 cm³/mol. The lowest BCUT2D eigenvalue weighted by Crippen LogP contribution is -2.37. The zero-order valence-corrected chi connectivity index (χ0v) is 16.9. The van der Waals surface area contributed by atoms with E-state index in [0.717, 1.165) is 23.3 Å². The van der Waals surface area contributed by atoms with E-state index in [2.05, 4.69) is 4.90 Å². The highest BCUT2D eigenvalue weighted by atomic mass is 35.5. The van der Waals surface area contributed by atoms with Gasteiger partial charge in [-0.1, -0.05) is 41.4 Å². The Labute approximate surface area is 177 Å². The largest absolute Gasteiger partial charge is 0.481 e. The monoisotopic (exact) mass is 445 g/mol. The molecule has 0 amide bonds. The summed E-state index contributed by atoms with van der Waals surface area (Å²) in [7, 11) is 0. The van der Waals surface area contributed by atoms with Gasteiger partial charge in [-0.3, -0.25) is 9.69 Å². The average Bonchev–Trinajstić information content (AvgIpc) is 2.65. The summed E-state index contributed by atoms with van der Waals surface area (Å²) in [5.41, 5.74) is 0.983. The Kier molecular flexibility index (Phi) is 6.76. The summed E-state index contributed by atoms with van der Waals surface area (Å²) in [6.45, 7) is 1.19. The van der Waals surface area contributed by atoms with Crippen LogP contribution < -0.4 is 0 Å². The van der Waals surface area contributed by atoms with Gasteiger partial charge in [0.15, 0.2) is 0 Å². The molecule has 1 aliphatic rings. The third kappa shape index (κ3) is 5.65. The Morgan fingerprint density at radius 2 is 1.79 bits per heavy atom. The van der Waals surface area contributed by atoms with Gasteiger partial charge in [0.05, 0.1) is 15.6 Å². The number of nitrogens with zero attached hydrogens (tertiary/aromatic N) is 1. The van der Waals surface area contributed by atoms with Crippen molar-refractivity contribution in [2.75, 3.05) is 6.54 Å². The fourth-order valence-electron chi connectivity index (χ4n) is 3.82. The second-order valence-electron chi connectivity index (χ2n) is 7.34. The first-order valence-electron chi connectivity index (χ1n) is 9.20. The third-order valence-corrected chi connectivity index (χ3v) is 6.02. The van der Waals surface area contributed by atoms with Crippen molar-refractivity contribution in [1.29, 1.82) is 0 Å². The minimum Gasteiger partial charge on any atom is -0.481 e. The fraction of sp³-hybridized carbons (Fsp3) is 0.381.